The summed E-state index contributed by atoms with van der Waals surface area (Å²) in [6.07, 6.45) is 6.52. The van der Waals surface area contributed by atoms with E-state index in [1.54, 1.807) is 0 Å². The molecule has 0 aliphatic heterocycles. The second-order valence-corrected chi connectivity index (χ2v) is 13.4. The normalized spacial score (nSPS) is 17.6. The lowest BCUT2D eigenvalue weighted by atomic mass is 9.94. The Bertz CT molecular complexity index is 1500. The van der Waals surface area contributed by atoms with Gasteiger partial charge in [-0.15, -0.1) is 0 Å². The molecule has 5 rings (SSSR count). The van der Waals surface area contributed by atoms with Gasteiger partial charge in [-0.1, -0.05) is 55.3 Å². The highest BCUT2D eigenvalue weighted by Crippen LogP contribution is 2.53. The van der Waals surface area contributed by atoms with E-state index in [2.05, 4.69) is 46.8 Å². The molecule has 0 radical (unpaired) electrons. The predicted molar refractivity (Wildman–Crippen MR) is 184 cm³/mol. The minimum absolute atomic E-state index is 0.0613. The van der Waals surface area contributed by atoms with Gasteiger partial charge in [0.15, 0.2) is 0 Å². The van der Waals surface area contributed by atoms with Gasteiger partial charge in [-0.3, -0.25) is 4.98 Å². The van der Waals surface area contributed by atoms with Gasteiger partial charge in [0.05, 0.1) is 30.5 Å². The number of unbranched alkanes of at least 4 members (excludes halogenated alkanes) is 1. The quantitative estimate of drug-likeness (QED) is 0.0946. The van der Waals surface area contributed by atoms with Gasteiger partial charge in [0.2, 0.25) is 0 Å². The highest BCUT2D eigenvalue weighted by Gasteiger charge is 2.48. The number of carbonyl (C=O) groups is 1. The molecule has 2 aliphatic carbocycles. The van der Waals surface area contributed by atoms with E-state index >= 15 is 0 Å². The van der Waals surface area contributed by atoms with E-state index in [1.807, 2.05) is 36.7 Å². The van der Waals surface area contributed by atoms with Crippen LogP contribution in [0.5, 0.6) is 5.75 Å². The van der Waals surface area contributed by atoms with Gasteiger partial charge in [-0.25, -0.2) is 4.79 Å². The molecule has 6 N–H and O–H groups in total. The number of rotatable bonds is 19. The Hall–Kier alpha value is -3.25. The average molecular weight is 682 g/mol. The molecule has 10 nitrogen and oxygen atoms in total. The molecule has 2 amide bonds. The van der Waals surface area contributed by atoms with Gasteiger partial charge in [-0.2, -0.15) is 0 Å². The van der Waals surface area contributed by atoms with Crippen LogP contribution in [0.2, 0.25) is 5.02 Å². The molecule has 4 atom stereocenters. The van der Waals surface area contributed by atoms with Crippen LogP contribution >= 0.6 is 11.6 Å². The van der Waals surface area contributed by atoms with Crippen molar-refractivity contribution in [3.63, 3.8) is 0 Å². The number of ether oxygens (including phenoxy) is 2. The van der Waals surface area contributed by atoms with Crippen molar-refractivity contribution in [3.05, 3.63) is 82.6 Å². The first-order valence-corrected chi connectivity index (χ1v) is 17.4. The lowest BCUT2D eigenvalue weighted by Gasteiger charge is -2.22. The minimum Gasteiger partial charge on any atom is -0.490 e. The lowest BCUT2D eigenvalue weighted by Crippen LogP contribution is -2.47. The molecule has 2 fully saturated rings. The number of nitrogens with zero attached hydrogens (tertiary/aromatic N) is 1. The molecule has 11 heteroatoms. The maximum Gasteiger partial charge on any atom is 0.314 e. The van der Waals surface area contributed by atoms with Crippen LogP contribution in [0.3, 0.4) is 0 Å². The number of aliphatic hydroxyl groups excluding tert-OH is 4. The van der Waals surface area contributed by atoms with Crippen molar-refractivity contribution >= 4 is 17.6 Å². The van der Waals surface area contributed by atoms with Crippen LogP contribution in [0.4, 0.5) is 4.79 Å². The second-order valence-electron chi connectivity index (χ2n) is 13.0. The third-order valence-corrected chi connectivity index (χ3v) is 9.56. The van der Waals surface area contributed by atoms with E-state index in [9.17, 15) is 20.1 Å². The fraction of sp³-hybridized carbons (Fsp3) is 0.514. The van der Waals surface area contributed by atoms with Gasteiger partial charge in [0.25, 0.3) is 0 Å². The van der Waals surface area contributed by atoms with Crippen LogP contribution in [0, 0.1) is 0 Å². The summed E-state index contributed by atoms with van der Waals surface area (Å²) in [5.74, 6) is 1.18. The maximum atomic E-state index is 12.1. The van der Waals surface area contributed by atoms with Gasteiger partial charge < -0.3 is 40.5 Å². The monoisotopic (exact) mass is 681 g/mol. The summed E-state index contributed by atoms with van der Waals surface area (Å²) in [4.78, 5) is 16.5. The van der Waals surface area contributed by atoms with Crippen LogP contribution in [0.1, 0.15) is 80.9 Å². The van der Waals surface area contributed by atoms with E-state index < -0.39 is 29.9 Å². The van der Waals surface area contributed by atoms with Crippen LogP contribution in [0.25, 0.3) is 11.1 Å². The van der Waals surface area contributed by atoms with Crippen LogP contribution in [-0.2, 0) is 16.9 Å². The highest BCUT2D eigenvalue weighted by atomic mass is 35.5. The molecule has 3 aromatic rings. The third kappa shape index (κ3) is 9.68. The zero-order chi connectivity index (χ0) is 34.1. The average Bonchev–Trinajstić information content (AvgIpc) is 4.04. The number of amides is 2. The summed E-state index contributed by atoms with van der Waals surface area (Å²) in [5, 5.41) is 44.2. The molecule has 1 aromatic heterocycles. The SMILES string of the molecule is C[C@@H](CCCCNC(=O)NC[C@H](O)[C@@H](O)[C@H](O)CCO)c1ccc(Cl)c(COC2(c3cnccc3-c3ccccc3OC3CC3)CC2)c1. The standard InChI is InChI=1S/C37H48ClN3O7/c1-24(6-4-5-17-40-36(46)41-22-33(44)35(45)32(43)14-19-42)25-9-12-31(38)26(20-25)23-47-37(15-16-37)30-21-39-18-13-28(30)29-7-2-3-8-34(29)48-27-10-11-27/h2-3,7-9,12-13,18,20-21,24,27,32-33,35,42-45H,4-6,10-11,14-17,19,22-23H2,1H3,(H2,40,41,46)/t24-,32+,33-,35-/m0/s1. The molecule has 0 saturated heterocycles. The fourth-order valence-corrected chi connectivity index (χ4v) is 6.04. The van der Waals surface area contributed by atoms with Gasteiger partial charge in [-0.05, 0) is 85.8 Å². The van der Waals surface area contributed by atoms with Crippen LogP contribution in [-0.4, -0.2) is 75.6 Å². The Kier molecular flexibility index (Phi) is 12.7. The summed E-state index contributed by atoms with van der Waals surface area (Å²) in [6.45, 7) is 2.49. The number of benzene rings is 2. The van der Waals surface area contributed by atoms with Gasteiger partial charge >= 0.3 is 6.03 Å². The molecule has 2 aromatic carbocycles. The number of pyridine rings is 1. The first-order valence-electron chi connectivity index (χ1n) is 17.0. The fourth-order valence-electron chi connectivity index (χ4n) is 5.87. The summed E-state index contributed by atoms with van der Waals surface area (Å²) in [5.41, 5.74) is 4.93. The first kappa shape index (κ1) is 36.0. The lowest BCUT2D eigenvalue weighted by molar-refractivity contribution is -0.0634. The molecule has 0 bridgehead atoms. The first-order chi connectivity index (χ1) is 23.2. The predicted octanol–water partition coefficient (Wildman–Crippen LogP) is 5.19. The molecule has 260 valence electrons. The minimum atomic E-state index is -1.46. The number of halogens is 1. The number of aromatic nitrogens is 1. The summed E-state index contributed by atoms with van der Waals surface area (Å²) >= 11 is 6.66. The summed E-state index contributed by atoms with van der Waals surface area (Å²) in [6, 6.07) is 15.9. The van der Waals surface area contributed by atoms with Gasteiger partial charge in [0.1, 0.15) is 11.9 Å². The topological polar surface area (TPSA) is 153 Å². The zero-order valence-electron chi connectivity index (χ0n) is 27.5. The molecule has 1 heterocycles. The smallest absolute Gasteiger partial charge is 0.314 e. The van der Waals surface area contributed by atoms with E-state index in [0.29, 0.717) is 24.3 Å². The Labute approximate surface area is 287 Å². The molecule has 0 unspecified atom stereocenters. The number of urea groups is 1. The summed E-state index contributed by atoms with van der Waals surface area (Å²) < 4.78 is 12.9. The van der Waals surface area contributed by atoms with Crippen molar-refractivity contribution in [3.8, 4) is 16.9 Å². The Morgan fingerprint density at radius 3 is 2.56 bits per heavy atom. The molecule has 0 spiro atoms. The highest BCUT2D eigenvalue weighted by molar-refractivity contribution is 6.31. The Morgan fingerprint density at radius 1 is 1.02 bits per heavy atom. The third-order valence-electron chi connectivity index (χ3n) is 9.19. The van der Waals surface area contributed by atoms with Crippen molar-refractivity contribution in [2.45, 2.75) is 101 Å². The van der Waals surface area contributed by atoms with Crippen molar-refractivity contribution in [1.82, 2.24) is 15.6 Å². The van der Waals surface area contributed by atoms with Gasteiger partial charge in [0, 0.05) is 48.2 Å². The van der Waals surface area contributed by atoms with E-state index in [1.165, 1.54) is 5.56 Å². The number of nitrogens with one attached hydrogen (secondary N) is 2. The van der Waals surface area contributed by atoms with E-state index in [0.717, 1.165) is 72.9 Å². The molecule has 48 heavy (non-hydrogen) atoms. The molecular formula is C37H48ClN3O7. The summed E-state index contributed by atoms with van der Waals surface area (Å²) in [7, 11) is 0. The number of aliphatic hydroxyl groups is 4. The van der Waals surface area contributed by atoms with Crippen molar-refractivity contribution < 1.29 is 34.7 Å². The molecule has 2 aliphatic rings. The van der Waals surface area contributed by atoms with Crippen molar-refractivity contribution in [2.24, 2.45) is 0 Å². The largest absolute Gasteiger partial charge is 0.490 e. The number of hydrogen-bond donors (Lipinski definition) is 6. The molecular weight excluding hydrogens is 634 g/mol. The maximum absolute atomic E-state index is 12.1. The van der Waals surface area contributed by atoms with Crippen LogP contribution < -0.4 is 15.4 Å². The zero-order valence-corrected chi connectivity index (χ0v) is 28.2. The Morgan fingerprint density at radius 2 is 1.81 bits per heavy atom. The van der Waals surface area contributed by atoms with Crippen LogP contribution in [0.15, 0.2) is 60.9 Å². The number of para-hydroxylation sites is 1. The van der Waals surface area contributed by atoms with E-state index in [-0.39, 0.29) is 25.5 Å². The van der Waals surface area contributed by atoms with Crippen molar-refractivity contribution in [2.75, 3.05) is 19.7 Å². The number of hydrogen-bond acceptors (Lipinski definition) is 8. The van der Waals surface area contributed by atoms with Crippen molar-refractivity contribution in [1.29, 1.82) is 0 Å². The van der Waals surface area contributed by atoms with E-state index in [4.69, 9.17) is 26.2 Å². The number of carbonyl (C=O) groups excluding carboxylic acids is 1. The Balaban J connectivity index is 1.10. The second kappa shape index (κ2) is 16.9. The molecule has 2 saturated carbocycles.